The first kappa shape index (κ1) is 7.54. The number of ether oxygens (including phenoxy) is 2. The van der Waals surface area contributed by atoms with E-state index in [0.717, 1.165) is 6.61 Å². The first-order valence-corrected chi connectivity index (χ1v) is 3.55. The van der Waals surface area contributed by atoms with Crippen LogP contribution in [0, 0.1) is 0 Å². The van der Waals surface area contributed by atoms with Gasteiger partial charge < -0.3 is 9.47 Å². The Hall–Kier alpha value is -0.570. The summed E-state index contributed by atoms with van der Waals surface area (Å²) in [5.74, 6) is -0.150. The van der Waals surface area contributed by atoms with E-state index in [-0.39, 0.29) is 18.2 Å². The minimum Gasteiger partial charge on any atom is -0.460 e. The molecule has 1 aliphatic heterocycles. The fourth-order valence-electron chi connectivity index (χ4n) is 0.693. The average Bonchev–Trinajstić information content (AvgIpc) is 2.68. The predicted octanol–water partition coefficient (Wildman–Crippen LogP) is 0.727. The van der Waals surface area contributed by atoms with Gasteiger partial charge in [-0.2, -0.15) is 0 Å². The molecule has 0 amide bonds. The highest BCUT2D eigenvalue weighted by molar-refractivity contribution is 5.69. The van der Waals surface area contributed by atoms with Crippen molar-refractivity contribution >= 4 is 5.97 Å². The predicted molar refractivity (Wildman–Crippen MR) is 35.6 cm³/mol. The topological polar surface area (TPSA) is 38.8 Å². The number of rotatable bonds is 3. The Morgan fingerprint density at radius 1 is 1.90 bits per heavy atom. The minimum absolute atomic E-state index is 0.0625. The van der Waals surface area contributed by atoms with E-state index in [1.54, 1.807) is 6.92 Å². The third kappa shape index (κ3) is 1.99. The van der Waals surface area contributed by atoms with Crippen LogP contribution in [0.1, 0.15) is 20.3 Å². The molecule has 0 spiro atoms. The zero-order chi connectivity index (χ0) is 7.56. The van der Waals surface area contributed by atoms with Gasteiger partial charge >= 0.3 is 5.97 Å². The van der Waals surface area contributed by atoms with Gasteiger partial charge in [0, 0.05) is 6.42 Å². The van der Waals surface area contributed by atoms with Crippen LogP contribution >= 0.6 is 0 Å². The molecule has 1 fully saturated rings. The molecule has 10 heavy (non-hydrogen) atoms. The molecule has 58 valence electrons. The first-order chi connectivity index (χ1) is 4.74. The van der Waals surface area contributed by atoms with Crippen molar-refractivity contribution in [1.29, 1.82) is 0 Å². The molecule has 0 bridgehead atoms. The summed E-state index contributed by atoms with van der Waals surface area (Å²) < 4.78 is 9.90. The second kappa shape index (κ2) is 3.01. The van der Waals surface area contributed by atoms with Gasteiger partial charge in [-0.25, -0.2) is 0 Å². The van der Waals surface area contributed by atoms with Gasteiger partial charge in [0.2, 0.25) is 0 Å². The van der Waals surface area contributed by atoms with Gasteiger partial charge in [-0.1, -0.05) is 6.92 Å². The van der Waals surface area contributed by atoms with E-state index >= 15 is 0 Å². The summed E-state index contributed by atoms with van der Waals surface area (Å²) in [6.07, 6.45) is 0.541. The van der Waals surface area contributed by atoms with E-state index in [0.29, 0.717) is 6.42 Å². The smallest absolute Gasteiger partial charge is 0.305 e. The Balaban J connectivity index is 2.16. The van der Waals surface area contributed by atoms with Crippen LogP contribution in [0.15, 0.2) is 0 Å². The maximum Gasteiger partial charge on any atom is 0.305 e. The van der Waals surface area contributed by atoms with Crippen molar-refractivity contribution in [3.8, 4) is 0 Å². The largest absolute Gasteiger partial charge is 0.460 e. The summed E-state index contributed by atoms with van der Waals surface area (Å²) in [4.78, 5) is 10.7. The van der Waals surface area contributed by atoms with E-state index in [1.807, 2.05) is 6.92 Å². The Kier molecular flexibility index (Phi) is 2.27. The van der Waals surface area contributed by atoms with Gasteiger partial charge in [0.1, 0.15) is 12.2 Å². The molecule has 1 saturated heterocycles. The molecule has 0 saturated carbocycles. The lowest BCUT2D eigenvalue weighted by molar-refractivity contribution is -0.148. The van der Waals surface area contributed by atoms with Crippen molar-refractivity contribution in [2.75, 3.05) is 6.61 Å². The van der Waals surface area contributed by atoms with Crippen LogP contribution in [-0.2, 0) is 14.3 Å². The second-order valence-electron chi connectivity index (χ2n) is 2.42. The standard InChI is InChI=1S/C7H12O3/c1-3-7(8)10-5(2)6-4-9-6/h5-6H,3-4H2,1-2H3. The SMILES string of the molecule is CCC(=O)OC(C)C1CO1. The van der Waals surface area contributed by atoms with E-state index in [4.69, 9.17) is 9.47 Å². The molecule has 2 atom stereocenters. The lowest BCUT2D eigenvalue weighted by atomic mass is 10.3. The second-order valence-corrected chi connectivity index (χ2v) is 2.42. The van der Waals surface area contributed by atoms with Crippen LogP contribution in [0.2, 0.25) is 0 Å². The molecule has 1 rings (SSSR count). The van der Waals surface area contributed by atoms with E-state index in [9.17, 15) is 4.79 Å². The van der Waals surface area contributed by atoms with Gasteiger partial charge in [-0.3, -0.25) is 4.79 Å². The van der Waals surface area contributed by atoms with E-state index in [1.165, 1.54) is 0 Å². The van der Waals surface area contributed by atoms with Crippen LogP contribution in [0.3, 0.4) is 0 Å². The number of hydrogen-bond donors (Lipinski definition) is 0. The Bertz CT molecular complexity index is 129. The normalized spacial score (nSPS) is 25.6. The number of carbonyl (C=O) groups is 1. The molecule has 1 heterocycles. The Morgan fingerprint density at radius 2 is 2.50 bits per heavy atom. The molecule has 2 unspecified atom stereocenters. The van der Waals surface area contributed by atoms with Gasteiger partial charge in [-0.15, -0.1) is 0 Å². The van der Waals surface area contributed by atoms with E-state index in [2.05, 4.69) is 0 Å². The molecule has 0 aliphatic carbocycles. The molecule has 3 heteroatoms. The van der Waals surface area contributed by atoms with Crippen molar-refractivity contribution in [3.63, 3.8) is 0 Å². The van der Waals surface area contributed by atoms with Crippen molar-refractivity contribution in [2.45, 2.75) is 32.5 Å². The van der Waals surface area contributed by atoms with Crippen LogP contribution in [0.4, 0.5) is 0 Å². The zero-order valence-corrected chi connectivity index (χ0v) is 6.29. The molecule has 0 N–H and O–H groups in total. The molecular formula is C7H12O3. The number of epoxide rings is 1. The summed E-state index contributed by atoms with van der Waals surface area (Å²) in [6.45, 7) is 4.37. The van der Waals surface area contributed by atoms with Crippen LogP contribution in [0.25, 0.3) is 0 Å². The highest BCUT2D eigenvalue weighted by atomic mass is 16.6. The summed E-state index contributed by atoms with van der Waals surface area (Å²) in [6, 6.07) is 0. The Morgan fingerprint density at radius 3 is 2.90 bits per heavy atom. The maximum atomic E-state index is 10.7. The van der Waals surface area contributed by atoms with Crippen molar-refractivity contribution < 1.29 is 14.3 Å². The summed E-state index contributed by atoms with van der Waals surface area (Å²) in [7, 11) is 0. The zero-order valence-electron chi connectivity index (χ0n) is 6.29. The maximum absolute atomic E-state index is 10.7. The highest BCUT2D eigenvalue weighted by Crippen LogP contribution is 2.16. The molecule has 0 aromatic heterocycles. The lowest BCUT2D eigenvalue weighted by Gasteiger charge is -2.08. The fourth-order valence-corrected chi connectivity index (χ4v) is 0.693. The van der Waals surface area contributed by atoms with Gasteiger partial charge in [-0.05, 0) is 6.92 Å². The van der Waals surface area contributed by atoms with Crippen molar-refractivity contribution in [3.05, 3.63) is 0 Å². The van der Waals surface area contributed by atoms with Gasteiger partial charge in [0.05, 0.1) is 6.61 Å². The van der Waals surface area contributed by atoms with Crippen LogP contribution in [0.5, 0.6) is 0 Å². The third-order valence-electron chi connectivity index (χ3n) is 1.49. The average molecular weight is 144 g/mol. The summed E-state index contributed by atoms with van der Waals surface area (Å²) >= 11 is 0. The number of carbonyl (C=O) groups excluding carboxylic acids is 1. The molecule has 0 radical (unpaired) electrons. The van der Waals surface area contributed by atoms with Gasteiger partial charge in [0.15, 0.2) is 0 Å². The molecule has 1 aliphatic rings. The third-order valence-corrected chi connectivity index (χ3v) is 1.49. The number of hydrogen-bond acceptors (Lipinski definition) is 3. The first-order valence-electron chi connectivity index (χ1n) is 3.55. The van der Waals surface area contributed by atoms with E-state index < -0.39 is 0 Å². The quantitative estimate of drug-likeness (QED) is 0.433. The van der Waals surface area contributed by atoms with Crippen LogP contribution in [-0.4, -0.2) is 24.8 Å². The monoisotopic (exact) mass is 144 g/mol. The molecular weight excluding hydrogens is 132 g/mol. The van der Waals surface area contributed by atoms with Gasteiger partial charge in [0.25, 0.3) is 0 Å². The highest BCUT2D eigenvalue weighted by Gasteiger charge is 2.31. The summed E-state index contributed by atoms with van der Waals surface area (Å²) in [5, 5.41) is 0. The molecule has 0 aromatic rings. The minimum atomic E-state index is -0.150. The molecule has 3 nitrogen and oxygen atoms in total. The molecule has 0 aromatic carbocycles. The van der Waals surface area contributed by atoms with Crippen molar-refractivity contribution in [2.24, 2.45) is 0 Å². The lowest BCUT2D eigenvalue weighted by Crippen LogP contribution is -2.19. The fraction of sp³-hybridized carbons (Fsp3) is 0.857. The Labute approximate surface area is 60.3 Å². The van der Waals surface area contributed by atoms with Crippen LogP contribution < -0.4 is 0 Å². The summed E-state index contributed by atoms with van der Waals surface area (Å²) in [5.41, 5.74) is 0. The van der Waals surface area contributed by atoms with Crippen molar-refractivity contribution in [1.82, 2.24) is 0 Å². The number of esters is 1.